The summed E-state index contributed by atoms with van der Waals surface area (Å²) >= 11 is 1.10. The summed E-state index contributed by atoms with van der Waals surface area (Å²) in [5.74, 6) is 0.266. The standard InChI is InChI=1S/C18H17N7O3S2/c19-10-12-9-16(20)21-11-14(12)24-5-7-25(8-6-24)30(27,28)18-4-2-15(29-18)13-1-3-17(26)23-22-13/h1-4,9,11H,5-8H2,(H2,20,21)(H,23,26). The van der Waals surface area contributed by atoms with Gasteiger partial charge in [0.25, 0.3) is 15.6 Å². The number of aromatic amines is 1. The topological polar surface area (TPSA) is 149 Å². The van der Waals surface area contributed by atoms with E-state index in [-0.39, 0.29) is 28.7 Å². The number of nitrogens with zero attached hydrogens (tertiary/aromatic N) is 5. The number of nitrogens with one attached hydrogen (secondary N) is 1. The number of nitrogen functional groups attached to an aromatic ring is 1. The fourth-order valence-corrected chi connectivity index (χ4v) is 6.03. The molecule has 4 rings (SSSR count). The van der Waals surface area contributed by atoms with Gasteiger partial charge in [-0.05, 0) is 18.2 Å². The predicted octanol–water partition coefficient (Wildman–Crippen LogP) is 0.858. The van der Waals surface area contributed by atoms with Crippen molar-refractivity contribution in [1.29, 1.82) is 5.26 Å². The van der Waals surface area contributed by atoms with Crippen LogP contribution in [0.5, 0.6) is 0 Å². The zero-order valence-corrected chi connectivity index (χ0v) is 17.3. The van der Waals surface area contributed by atoms with Crippen molar-refractivity contribution in [3.05, 3.63) is 52.4 Å². The number of thiophene rings is 1. The van der Waals surface area contributed by atoms with E-state index in [0.717, 1.165) is 11.3 Å². The average Bonchev–Trinajstić information content (AvgIpc) is 3.25. The zero-order valence-electron chi connectivity index (χ0n) is 15.6. The van der Waals surface area contributed by atoms with Crippen LogP contribution >= 0.6 is 11.3 Å². The maximum Gasteiger partial charge on any atom is 0.264 e. The highest BCUT2D eigenvalue weighted by atomic mass is 32.2. The molecule has 1 aliphatic heterocycles. The molecule has 0 amide bonds. The van der Waals surface area contributed by atoms with Crippen LogP contribution in [0.3, 0.4) is 0 Å². The lowest BCUT2D eigenvalue weighted by atomic mass is 10.2. The minimum absolute atomic E-state index is 0.214. The number of hydrogen-bond acceptors (Lipinski definition) is 9. The highest BCUT2D eigenvalue weighted by Crippen LogP contribution is 2.31. The van der Waals surface area contributed by atoms with Gasteiger partial charge < -0.3 is 10.6 Å². The average molecular weight is 444 g/mol. The number of pyridine rings is 1. The first kappa shape index (κ1) is 20.0. The Labute approximate surface area is 176 Å². The molecular weight excluding hydrogens is 426 g/mol. The number of sulfonamides is 1. The van der Waals surface area contributed by atoms with Gasteiger partial charge in [0.2, 0.25) is 0 Å². The van der Waals surface area contributed by atoms with Gasteiger partial charge in [0.15, 0.2) is 0 Å². The third-order valence-corrected chi connectivity index (χ3v) is 8.18. The molecule has 3 aromatic rings. The molecule has 1 aliphatic rings. The van der Waals surface area contributed by atoms with Crippen LogP contribution in [0.25, 0.3) is 10.6 Å². The summed E-state index contributed by atoms with van der Waals surface area (Å²) < 4.78 is 27.8. The third-order valence-electron chi connectivity index (χ3n) is 4.71. The second kappa shape index (κ2) is 7.86. The fourth-order valence-electron chi connectivity index (χ4n) is 3.18. The summed E-state index contributed by atoms with van der Waals surface area (Å²) in [4.78, 5) is 17.8. The van der Waals surface area contributed by atoms with Crippen LogP contribution in [0.4, 0.5) is 11.5 Å². The molecular formula is C18H17N7O3S2. The molecule has 3 N–H and O–H groups in total. The van der Waals surface area contributed by atoms with Crippen molar-refractivity contribution in [3.8, 4) is 16.6 Å². The molecule has 0 bridgehead atoms. The summed E-state index contributed by atoms with van der Waals surface area (Å²) in [6.07, 6.45) is 1.54. The minimum atomic E-state index is -3.66. The van der Waals surface area contributed by atoms with E-state index in [1.165, 1.54) is 16.4 Å². The van der Waals surface area contributed by atoms with Crippen LogP contribution in [-0.2, 0) is 10.0 Å². The van der Waals surface area contributed by atoms with Gasteiger partial charge in [0.05, 0.1) is 22.3 Å². The van der Waals surface area contributed by atoms with E-state index >= 15 is 0 Å². The van der Waals surface area contributed by atoms with Gasteiger partial charge in [-0.3, -0.25) is 4.79 Å². The van der Waals surface area contributed by atoms with E-state index in [4.69, 9.17) is 5.73 Å². The summed E-state index contributed by atoms with van der Waals surface area (Å²) in [7, 11) is -3.66. The molecule has 0 aliphatic carbocycles. The molecule has 10 nitrogen and oxygen atoms in total. The van der Waals surface area contributed by atoms with E-state index < -0.39 is 10.0 Å². The Hall–Kier alpha value is -3.27. The highest BCUT2D eigenvalue weighted by molar-refractivity contribution is 7.91. The van der Waals surface area contributed by atoms with E-state index in [9.17, 15) is 18.5 Å². The molecule has 0 saturated carbocycles. The van der Waals surface area contributed by atoms with Crippen molar-refractivity contribution in [1.82, 2.24) is 19.5 Å². The molecule has 12 heteroatoms. The Morgan fingerprint density at radius 1 is 1.17 bits per heavy atom. The van der Waals surface area contributed by atoms with Gasteiger partial charge in [-0.25, -0.2) is 18.5 Å². The quantitative estimate of drug-likeness (QED) is 0.603. The van der Waals surface area contributed by atoms with E-state index in [1.807, 2.05) is 4.90 Å². The number of aromatic nitrogens is 3. The van der Waals surface area contributed by atoms with E-state index in [0.29, 0.717) is 34.9 Å². The van der Waals surface area contributed by atoms with Crippen molar-refractivity contribution in [2.24, 2.45) is 0 Å². The normalized spacial score (nSPS) is 15.1. The fraction of sp³-hybridized carbons (Fsp3) is 0.222. The second-order valence-corrected chi connectivity index (χ2v) is 9.80. The van der Waals surface area contributed by atoms with Gasteiger partial charge >= 0.3 is 0 Å². The Morgan fingerprint density at radius 2 is 1.93 bits per heavy atom. The van der Waals surface area contributed by atoms with Crippen molar-refractivity contribution < 1.29 is 8.42 Å². The van der Waals surface area contributed by atoms with Crippen LogP contribution in [0.2, 0.25) is 0 Å². The monoisotopic (exact) mass is 443 g/mol. The lowest BCUT2D eigenvalue weighted by molar-refractivity contribution is 0.385. The van der Waals surface area contributed by atoms with Crippen LogP contribution in [0.15, 0.2) is 45.5 Å². The van der Waals surface area contributed by atoms with E-state index in [1.54, 1.807) is 24.4 Å². The maximum atomic E-state index is 13.1. The number of piperazine rings is 1. The first-order valence-electron chi connectivity index (χ1n) is 8.95. The molecule has 4 heterocycles. The van der Waals surface area contributed by atoms with Crippen molar-refractivity contribution in [2.75, 3.05) is 36.8 Å². The molecule has 30 heavy (non-hydrogen) atoms. The van der Waals surface area contributed by atoms with E-state index in [2.05, 4.69) is 21.3 Å². The molecule has 1 fully saturated rings. The molecule has 0 radical (unpaired) electrons. The maximum absolute atomic E-state index is 13.1. The van der Waals surface area contributed by atoms with Gasteiger partial charge in [-0.2, -0.15) is 14.7 Å². The van der Waals surface area contributed by atoms with Gasteiger partial charge in [-0.1, -0.05) is 0 Å². The largest absolute Gasteiger partial charge is 0.384 e. The number of anilines is 2. The van der Waals surface area contributed by atoms with Gasteiger partial charge in [-0.15, -0.1) is 11.3 Å². The Kier molecular flexibility index (Phi) is 5.25. The lowest BCUT2D eigenvalue weighted by Gasteiger charge is -2.35. The third kappa shape index (κ3) is 3.78. The summed E-state index contributed by atoms with van der Waals surface area (Å²) in [6, 6.07) is 9.73. The Bertz CT molecular complexity index is 1270. The van der Waals surface area contributed by atoms with Crippen molar-refractivity contribution in [2.45, 2.75) is 4.21 Å². The predicted molar refractivity (Wildman–Crippen MR) is 113 cm³/mol. The zero-order chi connectivity index (χ0) is 21.3. The number of nitrogens with two attached hydrogens (primary N) is 1. The van der Waals surface area contributed by atoms with Crippen LogP contribution < -0.4 is 16.2 Å². The first-order chi connectivity index (χ1) is 14.4. The van der Waals surface area contributed by atoms with Crippen LogP contribution in [0, 0.1) is 11.3 Å². The first-order valence-corrected chi connectivity index (χ1v) is 11.2. The summed E-state index contributed by atoms with van der Waals surface area (Å²) in [6.45, 7) is 1.42. The number of rotatable bonds is 4. The second-order valence-electron chi connectivity index (χ2n) is 6.55. The summed E-state index contributed by atoms with van der Waals surface area (Å²) in [5, 5.41) is 15.6. The lowest BCUT2D eigenvalue weighted by Crippen LogP contribution is -2.48. The molecule has 154 valence electrons. The van der Waals surface area contributed by atoms with Crippen molar-refractivity contribution >= 4 is 32.9 Å². The Balaban J connectivity index is 1.50. The SMILES string of the molecule is N#Cc1cc(N)ncc1N1CCN(S(=O)(=O)c2ccc(-c3ccc(=O)[nH]n3)s2)CC1. The molecule has 0 atom stereocenters. The number of hydrogen-bond donors (Lipinski definition) is 2. The van der Waals surface area contributed by atoms with Crippen LogP contribution in [0.1, 0.15) is 5.56 Å². The van der Waals surface area contributed by atoms with Gasteiger partial charge in [0.1, 0.15) is 21.8 Å². The summed E-state index contributed by atoms with van der Waals surface area (Å²) in [5.41, 5.74) is 6.88. The molecule has 3 aromatic heterocycles. The smallest absolute Gasteiger partial charge is 0.264 e. The van der Waals surface area contributed by atoms with Crippen LogP contribution in [-0.4, -0.2) is 54.1 Å². The molecule has 0 aromatic carbocycles. The number of nitriles is 1. The highest BCUT2D eigenvalue weighted by Gasteiger charge is 2.30. The molecule has 1 saturated heterocycles. The Morgan fingerprint density at radius 3 is 2.60 bits per heavy atom. The molecule has 0 unspecified atom stereocenters. The van der Waals surface area contributed by atoms with Gasteiger partial charge in [0, 0.05) is 38.3 Å². The molecule has 0 spiro atoms. The minimum Gasteiger partial charge on any atom is -0.384 e. The van der Waals surface area contributed by atoms with Crippen molar-refractivity contribution in [3.63, 3.8) is 0 Å². The number of H-pyrrole nitrogens is 1.